The van der Waals surface area contributed by atoms with E-state index in [1.165, 1.54) is 12.1 Å². The lowest BCUT2D eigenvalue weighted by Gasteiger charge is -2.45. The van der Waals surface area contributed by atoms with Crippen molar-refractivity contribution in [2.24, 2.45) is 5.41 Å². The molecule has 1 saturated heterocycles. The Hall–Kier alpha value is -2.29. The number of hydrogen-bond acceptors (Lipinski definition) is 5. The van der Waals surface area contributed by atoms with Crippen molar-refractivity contribution < 1.29 is 19.4 Å². The fourth-order valence-corrected chi connectivity index (χ4v) is 4.34. The molecule has 0 aliphatic carbocycles. The van der Waals surface area contributed by atoms with E-state index in [2.05, 4.69) is 10.4 Å². The number of amides is 1. The lowest BCUT2D eigenvalue weighted by atomic mass is 9.73. The molecule has 3 rings (SSSR count). The average molecular weight is 419 g/mol. The minimum Gasteiger partial charge on any atom is -0.396 e. The predicted molar refractivity (Wildman–Crippen MR) is 113 cm³/mol. The molecule has 2 heterocycles. The second-order valence-corrected chi connectivity index (χ2v) is 8.25. The van der Waals surface area contributed by atoms with Crippen LogP contribution in [0.4, 0.5) is 10.1 Å². The summed E-state index contributed by atoms with van der Waals surface area (Å²) in [5, 5.41) is 28.2. The van der Waals surface area contributed by atoms with E-state index < -0.39 is 11.5 Å². The molecule has 0 unspecified atom stereocenters. The first-order valence-corrected chi connectivity index (χ1v) is 10.4. The van der Waals surface area contributed by atoms with Gasteiger partial charge in [0.1, 0.15) is 5.82 Å². The van der Waals surface area contributed by atoms with Crippen molar-refractivity contribution in [2.75, 3.05) is 31.6 Å². The SMILES string of the molecule is CCn1nc(C)c(NC(=O)CN2CC[C@H](O)[C@@](CO)(Cc3ccc(F)cc3)C2)c1C. The molecule has 1 aromatic heterocycles. The molecule has 0 spiro atoms. The lowest BCUT2D eigenvalue weighted by Crippen LogP contribution is -2.56. The first-order valence-electron chi connectivity index (χ1n) is 10.4. The molecule has 7 nitrogen and oxygen atoms in total. The van der Waals surface area contributed by atoms with E-state index in [-0.39, 0.29) is 24.9 Å². The van der Waals surface area contributed by atoms with E-state index >= 15 is 0 Å². The Morgan fingerprint density at radius 1 is 1.33 bits per heavy atom. The Balaban J connectivity index is 1.69. The minimum atomic E-state index is -0.796. The molecule has 2 aromatic rings. The van der Waals surface area contributed by atoms with Crippen molar-refractivity contribution in [2.45, 2.75) is 46.3 Å². The van der Waals surface area contributed by atoms with Crippen LogP contribution in [0.2, 0.25) is 0 Å². The molecule has 0 radical (unpaired) electrons. The van der Waals surface area contributed by atoms with Gasteiger partial charge in [-0.1, -0.05) is 12.1 Å². The number of aryl methyl sites for hydroxylation is 2. The van der Waals surface area contributed by atoms with E-state index in [9.17, 15) is 19.4 Å². The highest BCUT2D eigenvalue weighted by atomic mass is 19.1. The number of anilines is 1. The molecule has 3 N–H and O–H groups in total. The van der Waals surface area contributed by atoms with Crippen molar-refractivity contribution in [1.82, 2.24) is 14.7 Å². The average Bonchev–Trinajstić information content (AvgIpc) is 2.99. The molecule has 30 heavy (non-hydrogen) atoms. The van der Waals surface area contributed by atoms with Gasteiger partial charge in [-0.2, -0.15) is 5.10 Å². The van der Waals surface area contributed by atoms with Crippen LogP contribution in [0.25, 0.3) is 0 Å². The second-order valence-electron chi connectivity index (χ2n) is 8.25. The summed E-state index contributed by atoms with van der Waals surface area (Å²) >= 11 is 0. The van der Waals surface area contributed by atoms with Gasteiger partial charge in [0.2, 0.25) is 5.91 Å². The highest BCUT2D eigenvalue weighted by Gasteiger charge is 2.42. The second kappa shape index (κ2) is 9.24. The highest BCUT2D eigenvalue weighted by molar-refractivity contribution is 5.93. The quantitative estimate of drug-likeness (QED) is 0.639. The van der Waals surface area contributed by atoms with Crippen molar-refractivity contribution in [3.63, 3.8) is 0 Å². The molecule has 2 atom stereocenters. The van der Waals surface area contributed by atoms with Crippen molar-refractivity contribution in [1.29, 1.82) is 0 Å². The van der Waals surface area contributed by atoms with E-state index in [0.717, 1.165) is 29.2 Å². The van der Waals surface area contributed by atoms with Crippen LogP contribution in [0.15, 0.2) is 24.3 Å². The van der Waals surface area contributed by atoms with Gasteiger partial charge in [0, 0.05) is 25.0 Å². The van der Waals surface area contributed by atoms with Crippen molar-refractivity contribution in [3.8, 4) is 0 Å². The van der Waals surface area contributed by atoms with E-state index in [0.29, 0.717) is 25.9 Å². The number of piperidine rings is 1. The van der Waals surface area contributed by atoms with Crippen molar-refractivity contribution >= 4 is 11.6 Å². The number of hydrogen-bond donors (Lipinski definition) is 3. The normalized spacial score (nSPS) is 22.3. The van der Waals surface area contributed by atoms with Crippen LogP contribution in [0.5, 0.6) is 0 Å². The summed E-state index contributed by atoms with van der Waals surface area (Å²) in [6.45, 7) is 7.41. The zero-order valence-electron chi connectivity index (χ0n) is 17.9. The van der Waals surface area contributed by atoms with Crippen LogP contribution in [0.1, 0.15) is 30.3 Å². The van der Waals surface area contributed by atoms with E-state index in [4.69, 9.17) is 0 Å². The fraction of sp³-hybridized carbons (Fsp3) is 0.545. The molecule has 1 amide bonds. The lowest BCUT2D eigenvalue weighted by molar-refractivity contribution is -0.121. The number of rotatable bonds is 7. The zero-order chi connectivity index (χ0) is 21.9. The number of aliphatic hydroxyl groups excluding tert-OH is 2. The number of carbonyl (C=O) groups is 1. The first kappa shape index (κ1) is 22.4. The van der Waals surface area contributed by atoms with Gasteiger partial charge in [0.05, 0.1) is 36.3 Å². The maximum atomic E-state index is 13.2. The molecule has 8 heteroatoms. The van der Waals surface area contributed by atoms with Gasteiger partial charge in [-0.25, -0.2) is 4.39 Å². The summed E-state index contributed by atoms with van der Waals surface area (Å²) in [5.41, 5.74) is 2.47. The zero-order valence-corrected chi connectivity index (χ0v) is 17.9. The number of likely N-dealkylation sites (tertiary alicyclic amines) is 1. The largest absolute Gasteiger partial charge is 0.396 e. The third-order valence-corrected chi connectivity index (χ3v) is 6.06. The van der Waals surface area contributed by atoms with Gasteiger partial charge in [-0.3, -0.25) is 14.4 Å². The molecule has 0 bridgehead atoms. The van der Waals surface area contributed by atoms with Gasteiger partial charge in [0.25, 0.3) is 0 Å². The summed E-state index contributed by atoms with van der Waals surface area (Å²) < 4.78 is 15.1. The fourth-order valence-electron chi connectivity index (χ4n) is 4.34. The molecule has 164 valence electrons. The van der Waals surface area contributed by atoms with Gasteiger partial charge in [-0.05, 0) is 51.3 Å². The Labute approximate surface area is 176 Å². The standard InChI is InChI=1S/C22H31FN4O3/c1-4-27-16(3)21(15(2)25-27)24-20(30)12-26-10-9-19(29)22(13-26,14-28)11-17-5-7-18(23)8-6-17/h5-8,19,28-29H,4,9-14H2,1-3H3,(H,24,30)/t19-,22-/m0/s1. The summed E-state index contributed by atoms with van der Waals surface area (Å²) in [6.07, 6.45) is 0.171. The van der Waals surface area contributed by atoms with Crippen LogP contribution in [-0.2, 0) is 17.8 Å². The Kier molecular flexibility index (Phi) is 6.90. The van der Waals surface area contributed by atoms with E-state index in [1.807, 2.05) is 30.4 Å². The molecule has 1 fully saturated rings. The summed E-state index contributed by atoms with van der Waals surface area (Å²) in [5.74, 6) is -0.474. The summed E-state index contributed by atoms with van der Waals surface area (Å²) in [4.78, 5) is 14.7. The molecular formula is C22H31FN4O3. The van der Waals surface area contributed by atoms with Gasteiger partial charge < -0.3 is 15.5 Å². The molecule has 1 aromatic carbocycles. The third kappa shape index (κ3) is 4.71. The Morgan fingerprint density at radius 2 is 2.03 bits per heavy atom. The highest BCUT2D eigenvalue weighted by Crippen LogP contribution is 2.34. The Bertz CT molecular complexity index is 883. The number of nitrogens with zero attached hydrogens (tertiary/aromatic N) is 3. The summed E-state index contributed by atoms with van der Waals surface area (Å²) in [6, 6.07) is 6.09. The number of nitrogens with one attached hydrogen (secondary N) is 1. The molecular weight excluding hydrogens is 387 g/mol. The van der Waals surface area contributed by atoms with Crippen LogP contribution in [-0.4, -0.2) is 63.1 Å². The van der Waals surface area contributed by atoms with Gasteiger partial charge >= 0.3 is 0 Å². The Morgan fingerprint density at radius 3 is 2.63 bits per heavy atom. The topological polar surface area (TPSA) is 90.6 Å². The maximum Gasteiger partial charge on any atom is 0.238 e. The third-order valence-electron chi connectivity index (χ3n) is 6.06. The number of carbonyl (C=O) groups excluding carboxylic acids is 1. The van der Waals surface area contributed by atoms with Crippen LogP contribution >= 0.6 is 0 Å². The van der Waals surface area contributed by atoms with Gasteiger partial charge in [0.15, 0.2) is 0 Å². The smallest absolute Gasteiger partial charge is 0.238 e. The predicted octanol–water partition coefficient (Wildman–Crippen LogP) is 1.89. The maximum absolute atomic E-state index is 13.2. The first-order chi connectivity index (χ1) is 14.3. The van der Waals surface area contributed by atoms with Crippen molar-refractivity contribution in [3.05, 3.63) is 47.0 Å². The number of aliphatic hydroxyl groups is 2. The monoisotopic (exact) mass is 418 g/mol. The molecule has 1 aliphatic heterocycles. The van der Waals surface area contributed by atoms with E-state index in [1.54, 1.807) is 12.1 Å². The summed E-state index contributed by atoms with van der Waals surface area (Å²) in [7, 11) is 0. The van der Waals surface area contributed by atoms with Crippen LogP contribution < -0.4 is 5.32 Å². The minimum absolute atomic E-state index is 0.151. The van der Waals surface area contributed by atoms with Gasteiger partial charge in [-0.15, -0.1) is 0 Å². The number of benzene rings is 1. The number of halogens is 1. The van der Waals surface area contributed by atoms with Crippen LogP contribution in [0, 0.1) is 25.1 Å². The molecule has 0 saturated carbocycles. The van der Waals surface area contributed by atoms with Crippen LogP contribution in [0.3, 0.4) is 0 Å². The molecule has 1 aliphatic rings. The number of aromatic nitrogens is 2.